The van der Waals surface area contributed by atoms with E-state index in [0.29, 0.717) is 5.56 Å². The summed E-state index contributed by atoms with van der Waals surface area (Å²) in [5, 5.41) is 26.2. The van der Waals surface area contributed by atoms with E-state index in [1.165, 1.54) is 0 Å². The molecule has 4 atom stereocenters. The van der Waals surface area contributed by atoms with Crippen LogP contribution in [-0.2, 0) is 35.2 Å². The zero-order valence-electron chi connectivity index (χ0n) is 20.9. The van der Waals surface area contributed by atoms with E-state index >= 15 is 0 Å². The van der Waals surface area contributed by atoms with Gasteiger partial charge < -0.3 is 42.6 Å². The lowest BCUT2D eigenvalue weighted by atomic mass is 10.00. The van der Waals surface area contributed by atoms with Gasteiger partial charge in [0.15, 0.2) is 0 Å². The van der Waals surface area contributed by atoms with Gasteiger partial charge in [-0.25, -0.2) is 4.79 Å². The highest BCUT2D eigenvalue weighted by molar-refractivity contribution is 5.96. The Morgan fingerprint density at radius 3 is 2.11 bits per heavy atom. The van der Waals surface area contributed by atoms with E-state index in [-0.39, 0.29) is 6.42 Å². The Bertz CT molecular complexity index is 1210. The first-order valence-corrected chi connectivity index (χ1v) is 11.7. The molecule has 1 heterocycles. The number of nitrogens with one attached hydrogen (secondary N) is 4. The SMILES string of the molecule is CC(C)C(NC(=O)C(N)CC(N)=O)C(=O)NC(Cc1c[nH]c2ccccc12)C(=O)NC(CC(=O)O)C(=O)O. The van der Waals surface area contributed by atoms with Crippen molar-refractivity contribution in [2.75, 3.05) is 0 Å². The maximum Gasteiger partial charge on any atom is 0.326 e. The summed E-state index contributed by atoms with van der Waals surface area (Å²) in [5.41, 5.74) is 12.1. The molecule has 0 radical (unpaired) electrons. The number of rotatable bonds is 14. The molecule has 0 fully saturated rings. The normalized spacial score (nSPS) is 14.2. The lowest BCUT2D eigenvalue weighted by Gasteiger charge is -2.26. The molecule has 4 unspecified atom stereocenters. The number of nitrogens with two attached hydrogens (primary N) is 2. The van der Waals surface area contributed by atoms with Crippen LogP contribution >= 0.6 is 0 Å². The molecule has 0 aliphatic rings. The third-order valence-corrected chi connectivity index (χ3v) is 5.73. The van der Waals surface area contributed by atoms with Gasteiger partial charge in [0.05, 0.1) is 18.9 Å². The molecule has 206 valence electrons. The van der Waals surface area contributed by atoms with Crippen LogP contribution in [0.5, 0.6) is 0 Å². The second-order valence-electron chi connectivity index (χ2n) is 9.13. The second kappa shape index (κ2) is 13.2. The summed E-state index contributed by atoms with van der Waals surface area (Å²) in [5.74, 6) is -6.79. The third kappa shape index (κ3) is 8.30. The standard InChI is InChI=1S/C24H32N6O8/c1-11(2)20(30-21(34)14(25)8-18(26)31)23(36)28-16(22(35)29-17(24(37)38)9-19(32)33)7-12-10-27-15-6-4-3-5-13(12)15/h3-6,10-11,14,16-17,20,27H,7-9,25H2,1-2H3,(H2,26,31)(H,28,36)(H,29,35)(H,30,34)(H,32,33)(H,37,38). The highest BCUT2D eigenvalue weighted by Crippen LogP contribution is 2.19. The van der Waals surface area contributed by atoms with Crippen LogP contribution in [0.3, 0.4) is 0 Å². The van der Waals surface area contributed by atoms with Crippen LogP contribution in [0.15, 0.2) is 30.5 Å². The second-order valence-corrected chi connectivity index (χ2v) is 9.13. The molecule has 2 aromatic rings. The van der Waals surface area contributed by atoms with Crippen molar-refractivity contribution in [3.05, 3.63) is 36.0 Å². The van der Waals surface area contributed by atoms with Crippen molar-refractivity contribution in [2.24, 2.45) is 17.4 Å². The van der Waals surface area contributed by atoms with Gasteiger partial charge in [0.2, 0.25) is 23.6 Å². The van der Waals surface area contributed by atoms with E-state index in [9.17, 15) is 33.9 Å². The molecule has 0 aliphatic carbocycles. The minimum atomic E-state index is -1.74. The summed E-state index contributed by atoms with van der Waals surface area (Å²) in [7, 11) is 0. The lowest BCUT2D eigenvalue weighted by molar-refractivity contribution is -0.147. The number of hydrogen-bond donors (Lipinski definition) is 8. The monoisotopic (exact) mass is 532 g/mol. The fourth-order valence-corrected chi connectivity index (χ4v) is 3.74. The lowest BCUT2D eigenvalue weighted by Crippen LogP contribution is -2.59. The Kier molecular flexibility index (Phi) is 10.3. The smallest absolute Gasteiger partial charge is 0.326 e. The molecule has 2 rings (SSSR count). The summed E-state index contributed by atoms with van der Waals surface area (Å²) in [6.07, 6.45) is 0.232. The first kappa shape index (κ1) is 29.8. The number of benzene rings is 1. The number of amides is 4. The molecule has 0 bridgehead atoms. The number of carboxylic acids is 2. The van der Waals surface area contributed by atoms with Crippen molar-refractivity contribution in [1.29, 1.82) is 0 Å². The number of aromatic amines is 1. The van der Waals surface area contributed by atoms with Gasteiger partial charge in [0.1, 0.15) is 18.1 Å². The van der Waals surface area contributed by atoms with Crippen molar-refractivity contribution in [3.63, 3.8) is 0 Å². The number of aromatic nitrogens is 1. The number of H-pyrrole nitrogens is 1. The van der Waals surface area contributed by atoms with Crippen molar-refractivity contribution in [2.45, 2.75) is 57.3 Å². The molecule has 14 heteroatoms. The molecule has 4 amide bonds. The fourth-order valence-electron chi connectivity index (χ4n) is 3.74. The molecule has 0 spiro atoms. The zero-order valence-corrected chi connectivity index (χ0v) is 20.9. The molecule has 1 aromatic carbocycles. The maximum absolute atomic E-state index is 13.2. The molecule has 1 aromatic heterocycles. The Morgan fingerprint density at radius 2 is 1.53 bits per heavy atom. The molecule has 10 N–H and O–H groups in total. The predicted octanol–water partition coefficient (Wildman–Crippen LogP) is -1.42. The topological polar surface area (TPSA) is 247 Å². The van der Waals surface area contributed by atoms with Crippen LogP contribution in [0, 0.1) is 5.92 Å². The average Bonchev–Trinajstić information content (AvgIpc) is 3.23. The fraction of sp³-hybridized carbons (Fsp3) is 0.417. The van der Waals surface area contributed by atoms with Gasteiger partial charge in [-0.3, -0.25) is 24.0 Å². The van der Waals surface area contributed by atoms with Crippen LogP contribution < -0.4 is 27.4 Å². The number of carboxylic acid groups (broad SMARTS) is 2. The van der Waals surface area contributed by atoms with E-state index < -0.39 is 78.5 Å². The molecule has 0 saturated heterocycles. The molecule has 0 saturated carbocycles. The van der Waals surface area contributed by atoms with Gasteiger partial charge in [-0.1, -0.05) is 32.0 Å². The van der Waals surface area contributed by atoms with Gasteiger partial charge in [-0.2, -0.15) is 0 Å². The van der Waals surface area contributed by atoms with Crippen LogP contribution in [0.25, 0.3) is 10.9 Å². The summed E-state index contributed by atoms with van der Waals surface area (Å²) < 4.78 is 0. The van der Waals surface area contributed by atoms with Crippen LogP contribution in [-0.4, -0.2) is 74.9 Å². The van der Waals surface area contributed by atoms with Gasteiger partial charge in [-0.15, -0.1) is 0 Å². The predicted molar refractivity (Wildman–Crippen MR) is 134 cm³/mol. The van der Waals surface area contributed by atoms with Crippen LogP contribution in [0.1, 0.15) is 32.3 Å². The highest BCUT2D eigenvalue weighted by Gasteiger charge is 2.33. The molecular formula is C24H32N6O8. The number of aliphatic carboxylic acids is 2. The number of fused-ring (bicyclic) bond motifs is 1. The van der Waals surface area contributed by atoms with E-state index in [1.54, 1.807) is 44.3 Å². The van der Waals surface area contributed by atoms with Crippen molar-refractivity contribution in [3.8, 4) is 0 Å². The summed E-state index contributed by atoms with van der Waals surface area (Å²) in [6.45, 7) is 3.26. The molecular weight excluding hydrogens is 500 g/mol. The summed E-state index contributed by atoms with van der Waals surface area (Å²) in [4.78, 5) is 75.5. The highest BCUT2D eigenvalue weighted by atomic mass is 16.4. The van der Waals surface area contributed by atoms with E-state index in [0.717, 1.165) is 10.9 Å². The Hall–Kier alpha value is -4.46. The van der Waals surface area contributed by atoms with Crippen LogP contribution in [0.2, 0.25) is 0 Å². The Labute approximate surface area is 217 Å². The minimum absolute atomic E-state index is 0.0824. The number of carbonyl (C=O) groups is 6. The zero-order chi connectivity index (χ0) is 28.6. The van der Waals surface area contributed by atoms with Gasteiger partial charge >= 0.3 is 11.9 Å². The van der Waals surface area contributed by atoms with Gasteiger partial charge in [0.25, 0.3) is 0 Å². The number of carbonyl (C=O) groups excluding carboxylic acids is 4. The van der Waals surface area contributed by atoms with E-state index in [4.69, 9.17) is 16.6 Å². The van der Waals surface area contributed by atoms with Crippen molar-refractivity contribution >= 4 is 46.5 Å². The van der Waals surface area contributed by atoms with E-state index in [1.807, 2.05) is 0 Å². The summed E-state index contributed by atoms with van der Waals surface area (Å²) in [6, 6.07) is 1.63. The summed E-state index contributed by atoms with van der Waals surface area (Å²) >= 11 is 0. The first-order chi connectivity index (χ1) is 17.8. The van der Waals surface area contributed by atoms with Crippen molar-refractivity contribution in [1.82, 2.24) is 20.9 Å². The third-order valence-electron chi connectivity index (χ3n) is 5.73. The minimum Gasteiger partial charge on any atom is -0.481 e. The van der Waals surface area contributed by atoms with E-state index in [2.05, 4.69) is 20.9 Å². The number of hydrogen-bond acceptors (Lipinski definition) is 7. The molecule has 14 nitrogen and oxygen atoms in total. The largest absolute Gasteiger partial charge is 0.481 e. The molecule has 38 heavy (non-hydrogen) atoms. The van der Waals surface area contributed by atoms with Gasteiger partial charge in [0, 0.05) is 23.5 Å². The average molecular weight is 533 g/mol. The van der Waals surface area contributed by atoms with Crippen molar-refractivity contribution < 1.29 is 39.0 Å². The number of primary amides is 1. The number of para-hydroxylation sites is 1. The van der Waals surface area contributed by atoms with Crippen LogP contribution in [0.4, 0.5) is 0 Å². The maximum atomic E-state index is 13.2. The quantitative estimate of drug-likeness (QED) is 0.142. The Morgan fingerprint density at radius 1 is 0.895 bits per heavy atom. The first-order valence-electron chi connectivity index (χ1n) is 11.7. The van der Waals surface area contributed by atoms with Gasteiger partial charge in [-0.05, 0) is 17.5 Å². The Balaban J connectivity index is 2.31. The molecule has 0 aliphatic heterocycles.